The van der Waals surface area contributed by atoms with Crippen molar-refractivity contribution in [1.29, 1.82) is 0 Å². The van der Waals surface area contributed by atoms with Crippen LogP contribution in [0.2, 0.25) is 0 Å². The van der Waals surface area contributed by atoms with Gasteiger partial charge < -0.3 is 15.2 Å². The molecule has 1 aromatic rings. The van der Waals surface area contributed by atoms with E-state index in [-0.39, 0.29) is 0 Å². The molecule has 124 valence electrons. The summed E-state index contributed by atoms with van der Waals surface area (Å²) >= 11 is 0. The monoisotopic (exact) mass is 309 g/mol. The second-order valence-electron chi connectivity index (χ2n) is 5.65. The molecular formula is C16H27N3O3. The van der Waals surface area contributed by atoms with E-state index in [0.29, 0.717) is 35.8 Å². The average Bonchev–Trinajstić information content (AvgIpc) is 2.45. The smallest absolute Gasteiger partial charge is 0.411 e. The van der Waals surface area contributed by atoms with Crippen molar-refractivity contribution in [3.05, 3.63) is 18.2 Å². The number of benzene rings is 1. The number of anilines is 2. The van der Waals surface area contributed by atoms with E-state index < -0.39 is 6.09 Å². The average molecular weight is 309 g/mol. The van der Waals surface area contributed by atoms with Crippen LogP contribution in [-0.2, 0) is 4.74 Å². The summed E-state index contributed by atoms with van der Waals surface area (Å²) in [7, 11) is 1.32. The van der Waals surface area contributed by atoms with Gasteiger partial charge in [-0.3, -0.25) is 10.2 Å². The van der Waals surface area contributed by atoms with Crippen molar-refractivity contribution >= 4 is 17.5 Å². The highest BCUT2D eigenvalue weighted by atomic mass is 16.5. The zero-order valence-corrected chi connectivity index (χ0v) is 14.1. The maximum Gasteiger partial charge on any atom is 0.411 e. The highest BCUT2D eigenvalue weighted by Crippen LogP contribution is 2.27. The van der Waals surface area contributed by atoms with Crippen molar-refractivity contribution in [3.8, 4) is 5.75 Å². The zero-order chi connectivity index (χ0) is 16.7. The minimum Gasteiger partial charge on any atom is -0.490 e. The number of nitrogen functional groups attached to an aromatic ring is 1. The highest BCUT2D eigenvalue weighted by Gasteiger charge is 2.14. The van der Waals surface area contributed by atoms with Crippen molar-refractivity contribution in [2.24, 2.45) is 0 Å². The SMILES string of the molecule is COC(=O)Nc1ccc(N)cc1OCCN(C(C)C)C(C)C. The van der Waals surface area contributed by atoms with Crippen molar-refractivity contribution in [3.63, 3.8) is 0 Å². The summed E-state index contributed by atoms with van der Waals surface area (Å²) < 4.78 is 10.4. The predicted molar refractivity (Wildman–Crippen MR) is 89.4 cm³/mol. The molecule has 0 radical (unpaired) electrons. The summed E-state index contributed by atoms with van der Waals surface area (Å²) in [5.74, 6) is 0.540. The first kappa shape index (κ1) is 18.1. The van der Waals surface area contributed by atoms with Crippen LogP contribution in [0.15, 0.2) is 18.2 Å². The number of nitrogens with zero attached hydrogens (tertiary/aromatic N) is 1. The van der Waals surface area contributed by atoms with E-state index in [1.165, 1.54) is 7.11 Å². The molecule has 1 amide bonds. The molecule has 0 spiro atoms. The Labute approximate surface area is 132 Å². The number of hydrogen-bond donors (Lipinski definition) is 2. The van der Waals surface area contributed by atoms with E-state index in [1.54, 1.807) is 18.2 Å². The fraction of sp³-hybridized carbons (Fsp3) is 0.562. The Bertz CT molecular complexity index is 482. The Hall–Kier alpha value is -1.95. The van der Waals surface area contributed by atoms with Crippen LogP contribution in [0.1, 0.15) is 27.7 Å². The first-order valence-corrected chi connectivity index (χ1v) is 7.48. The van der Waals surface area contributed by atoms with E-state index in [0.717, 1.165) is 6.54 Å². The lowest BCUT2D eigenvalue weighted by atomic mass is 10.2. The Morgan fingerprint density at radius 1 is 1.27 bits per heavy atom. The molecule has 0 atom stereocenters. The topological polar surface area (TPSA) is 76.8 Å². The molecule has 0 saturated carbocycles. The van der Waals surface area contributed by atoms with Crippen LogP contribution >= 0.6 is 0 Å². The molecule has 6 heteroatoms. The Morgan fingerprint density at radius 3 is 2.45 bits per heavy atom. The van der Waals surface area contributed by atoms with Crippen LogP contribution < -0.4 is 15.8 Å². The van der Waals surface area contributed by atoms with Gasteiger partial charge in [-0.15, -0.1) is 0 Å². The number of ether oxygens (including phenoxy) is 2. The quantitative estimate of drug-likeness (QED) is 0.757. The molecule has 0 heterocycles. The number of rotatable bonds is 7. The fourth-order valence-electron chi connectivity index (χ4n) is 2.30. The van der Waals surface area contributed by atoms with Crippen molar-refractivity contribution in [2.75, 3.05) is 31.3 Å². The molecule has 6 nitrogen and oxygen atoms in total. The van der Waals surface area contributed by atoms with Gasteiger partial charge in [0.1, 0.15) is 12.4 Å². The number of nitrogens with two attached hydrogens (primary N) is 1. The van der Waals surface area contributed by atoms with Gasteiger partial charge in [0.15, 0.2) is 0 Å². The van der Waals surface area contributed by atoms with Crippen LogP contribution in [0.4, 0.5) is 16.2 Å². The second kappa shape index (κ2) is 8.48. The van der Waals surface area contributed by atoms with Crippen molar-refractivity contribution in [1.82, 2.24) is 4.90 Å². The lowest BCUT2D eigenvalue weighted by molar-refractivity contribution is 0.142. The third-order valence-electron chi connectivity index (χ3n) is 3.36. The van der Waals surface area contributed by atoms with E-state index in [9.17, 15) is 4.79 Å². The standard InChI is InChI=1S/C16H27N3O3/c1-11(2)19(12(3)4)8-9-22-15-10-13(17)6-7-14(15)18-16(20)21-5/h6-7,10-12H,8-9,17H2,1-5H3,(H,18,20). The van der Waals surface area contributed by atoms with Gasteiger partial charge in [-0.25, -0.2) is 4.79 Å². The maximum atomic E-state index is 11.4. The van der Waals surface area contributed by atoms with E-state index in [4.69, 9.17) is 10.5 Å². The Morgan fingerprint density at radius 2 is 1.91 bits per heavy atom. The largest absolute Gasteiger partial charge is 0.490 e. The molecule has 1 aromatic carbocycles. The molecule has 0 unspecified atom stereocenters. The van der Waals surface area contributed by atoms with Crippen LogP contribution in [0, 0.1) is 0 Å². The van der Waals surface area contributed by atoms with Gasteiger partial charge in [0.05, 0.1) is 12.8 Å². The van der Waals surface area contributed by atoms with Gasteiger partial charge in [0.2, 0.25) is 0 Å². The summed E-state index contributed by atoms with van der Waals surface area (Å²) in [4.78, 5) is 13.7. The third-order valence-corrected chi connectivity index (χ3v) is 3.36. The van der Waals surface area contributed by atoms with E-state index in [2.05, 4.69) is 42.6 Å². The van der Waals surface area contributed by atoms with Gasteiger partial charge in [0.25, 0.3) is 0 Å². The molecule has 0 saturated heterocycles. The minimum atomic E-state index is -0.541. The van der Waals surface area contributed by atoms with Crippen LogP contribution in [0.25, 0.3) is 0 Å². The Balaban J connectivity index is 2.71. The van der Waals surface area contributed by atoms with Gasteiger partial charge in [-0.1, -0.05) is 0 Å². The number of nitrogens with one attached hydrogen (secondary N) is 1. The molecular weight excluding hydrogens is 282 g/mol. The molecule has 0 bridgehead atoms. The lowest BCUT2D eigenvalue weighted by Gasteiger charge is -2.30. The van der Waals surface area contributed by atoms with Gasteiger partial charge in [-0.05, 0) is 39.8 Å². The molecule has 0 aliphatic rings. The molecule has 0 aliphatic heterocycles. The molecule has 22 heavy (non-hydrogen) atoms. The summed E-state index contributed by atoms with van der Waals surface area (Å²) in [6.45, 7) is 9.93. The number of amides is 1. The van der Waals surface area contributed by atoms with Gasteiger partial charge >= 0.3 is 6.09 Å². The molecule has 0 fully saturated rings. The van der Waals surface area contributed by atoms with Crippen LogP contribution in [-0.4, -0.2) is 43.3 Å². The zero-order valence-electron chi connectivity index (χ0n) is 14.1. The summed E-state index contributed by atoms with van der Waals surface area (Å²) in [5.41, 5.74) is 6.91. The molecule has 3 N–H and O–H groups in total. The molecule has 1 rings (SSSR count). The molecule has 0 aromatic heterocycles. The minimum absolute atomic E-state index is 0.442. The maximum absolute atomic E-state index is 11.4. The summed E-state index contributed by atoms with van der Waals surface area (Å²) in [6.07, 6.45) is -0.541. The number of carbonyl (C=O) groups is 1. The summed E-state index contributed by atoms with van der Waals surface area (Å²) in [6, 6.07) is 5.98. The second-order valence-corrected chi connectivity index (χ2v) is 5.65. The summed E-state index contributed by atoms with van der Waals surface area (Å²) in [5, 5.41) is 2.62. The van der Waals surface area contributed by atoms with Gasteiger partial charge in [0, 0.05) is 30.4 Å². The number of hydrogen-bond acceptors (Lipinski definition) is 5. The number of methoxy groups -OCH3 is 1. The Kier molecular flexibility index (Phi) is 6.98. The first-order valence-electron chi connectivity index (χ1n) is 7.48. The van der Waals surface area contributed by atoms with E-state index in [1.807, 2.05) is 0 Å². The third kappa shape index (κ3) is 5.44. The van der Waals surface area contributed by atoms with Crippen molar-refractivity contribution < 1.29 is 14.3 Å². The first-order chi connectivity index (χ1) is 10.3. The van der Waals surface area contributed by atoms with Crippen LogP contribution in [0.3, 0.4) is 0 Å². The predicted octanol–water partition coefficient (Wildman–Crippen LogP) is 2.94. The highest BCUT2D eigenvalue weighted by molar-refractivity contribution is 5.87. The van der Waals surface area contributed by atoms with E-state index >= 15 is 0 Å². The van der Waals surface area contributed by atoms with Crippen molar-refractivity contribution in [2.45, 2.75) is 39.8 Å². The fourth-order valence-corrected chi connectivity index (χ4v) is 2.30. The normalized spacial score (nSPS) is 11.1. The molecule has 0 aliphatic carbocycles. The van der Waals surface area contributed by atoms with Gasteiger partial charge in [-0.2, -0.15) is 0 Å². The number of carbonyl (C=O) groups excluding carboxylic acids is 1. The van der Waals surface area contributed by atoms with Crippen LogP contribution in [0.5, 0.6) is 5.75 Å². The lowest BCUT2D eigenvalue weighted by Crippen LogP contribution is -2.39.